The number of carbonyl (C=O) groups is 2. The SMILES string of the molecule is Cc1ccc(NC(=O)[C@H](c2ccccc2)N2CCC(C(=O)N(C)C)CC2)cc1. The molecule has 5 heteroatoms. The number of likely N-dealkylation sites (tertiary alicyclic amines) is 1. The number of aryl methyl sites for hydroxylation is 1. The topological polar surface area (TPSA) is 52.7 Å². The molecule has 5 nitrogen and oxygen atoms in total. The van der Waals surface area contributed by atoms with Gasteiger partial charge in [0.05, 0.1) is 0 Å². The fraction of sp³-hybridized carbons (Fsp3) is 0.391. The van der Waals surface area contributed by atoms with E-state index in [1.165, 1.54) is 0 Å². The van der Waals surface area contributed by atoms with Gasteiger partial charge in [0.1, 0.15) is 6.04 Å². The van der Waals surface area contributed by atoms with Crippen LogP contribution >= 0.6 is 0 Å². The van der Waals surface area contributed by atoms with E-state index in [0.717, 1.165) is 42.7 Å². The van der Waals surface area contributed by atoms with Gasteiger partial charge in [0.15, 0.2) is 0 Å². The van der Waals surface area contributed by atoms with Crippen LogP contribution < -0.4 is 5.32 Å². The van der Waals surface area contributed by atoms with Crippen LogP contribution in [0.3, 0.4) is 0 Å². The van der Waals surface area contributed by atoms with Crippen LogP contribution in [0, 0.1) is 12.8 Å². The summed E-state index contributed by atoms with van der Waals surface area (Å²) in [6, 6.07) is 17.4. The first kappa shape index (κ1) is 20.1. The second-order valence-corrected chi connectivity index (χ2v) is 7.71. The molecule has 1 saturated heterocycles. The van der Waals surface area contributed by atoms with Crippen LogP contribution in [0.25, 0.3) is 0 Å². The third-order valence-electron chi connectivity index (χ3n) is 5.37. The quantitative estimate of drug-likeness (QED) is 0.865. The number of amides is 2. The van der Waals surface area contributed by atoms with Crippen molar-refractivity contribution in [3.63, 3.8) is 0 Å². The van der Waals surface area contributed by atoms with Crippen LogP contribution in [0.15, 0.2) is 54.6 Å². The van der Waals surface area contributed by atoms with E-state index in [4.69, 9.17) is 0 Å². The average Bonchev–Trinajstić information content (AvgIpc) is 2.70. The molecule has 0 spiro atoms. The minimum atomic E-state index is -0.363. The summed E-state index contributed by atoms with van der Waals surface area (Å²) in [4.78, 5) is 29.3. The summed E-state index contributed by atoms with van der Waals surface area (Å²) in [6.07, 6.45) is 1.55. The second-order valence-electron chi connectivity index (χ2n) is 7.71. The van der Waals surface area contributed by atoms with Crippen molar-refractivity contribution in [3.05, 3.63) is 65.7 Å². The van der Waals surface area contributed by atoms with Crippen LogP contribution in [0.4, 0.5) is 5.69 Å². The minimum absolute atomic E-state index is 0.0348. The zero-order valence-electron chi connectivity index (χ0n) is 16.9. The Labute approximate surface area is 167 Å². The molecule has 0 unspecified atom stereocenters. The van der Waals surface area contributed by atoms with Gasteiger partial charge in [0, 0.05) is 25.7 Å². The number of anilines is 1. The molecule has 1 atom stereocenters. The third kappa shape index (κ3) is 4.78. The summed E-state index contributed by atoms with van der Waals surface area (Å²) >= 11 is 0. The first-order valence-corrected chi connectivity index (χ1v) is 9.83. The van der Waals surface area contributed by atoms with Crippen molar-refractivity contribution in [1.29, 1.82) is 0 Å². The molecule has 3 rings (SSSR count). The summed E-state index contributed by atoms with van der Waals surface area (Å²) < 4.78 is 0. The smallest absolute Gasteiger partial charge is 0.246 e. The van der Waals surface area contributed by atoms with Crippen molar-refractivity contribution in [1.82, 2.24) is 9.80 Å². The van der Waals surface area contributed by atoms with Gasteiger partial charge in [-0.25, -0.2) is 0 Å². The molecule has 1 aliphatic heterocycles. The Morgan fingerprint density at radius 3 is 2.18 bits per heavy atom. The molecular weight excluding hydrogens is 350 g/mol. The number of carbonyl (C=O) groups excluding carboxylic acids is 2. The van der Waals surface area contributed by atoms with Crippen molar-refractivity contribution >= 4 is 17.5 Å². The number of hydrogen-bond acceptors (Lipinski definition) is 3. The van der Waals surface area contributed by atoms with Crippen LogP contribution in [0.5, 0.6) is 0 Å². The second kappa shape index (κ2) is 9.02. The summed E-state index contributed by atoms with van der Waals surface area (Å²) in [5.41, 5.74) is 2.93. The van der Waals surface area contributed by atoms with Gasteiger partial charge in [-0.3, -0.25) is 14.5 Å². The van der Waals surface area contributed by atoms with Crippen molar-refractivity contribution in [3.8, 4) is 0 Å². The Morgan fingerprint density at radius 1 is 1.00 bits per heavy atom. The number of nitrogens with one attached hydrogen (secondary N) is 1. The molecule has 0 saturated carbocycles. The highest BCUT2D eigenvalue weighted by molar-refractivity contribution is 5.95. The Bertz CT molecular complexity index is 794. The molecule has 1 aliphatic rings. The van der Waals surface area contributed by atoms with Crippen LogP contribution in [0.1, 0.15) is 30.0 Å². The number of hydrogen-bond donors (Lipinski definition) is 1. The largest absolute Gasteiger partial charge is 0.349 e. The van der Waals surface area contributed by atoms with Gasteiger partial charge in [-0.2, -0.15) is 0 Å². The normalized spacial score (nSPS) is 16.4. The van der Waals surface area contributed by atoms with E-state index in [1.54, 1.807) is 19.0 Å². The van der Waals surface area contributed by atoms with Gasteiger partial charge in [-0.15, -0.1) is 0 Å². The molecule has 0 aromatic heterocycles. The number of rotatable bonds is 5. The number of nitrogens with zero attached hydrogens (tertiary/aromatic N) is 2. The number of benzene rings is 2. The Balaban J connectivity index is 1.76. The lowest BCUT2D eigenvalue weighted by Gasteiger charge is -2.37. The third-order valence-corrected chi connectivity index (χ3v) is 5.37. The summed E-state index contributed by atoms with van der Waals surface area (Å²) in [5, 5.41) is 3.06. The molecule has 0 radical (unpaired) electrons. The van der Waals surface area contributed by atoms with Crippen LogP contribution in [0.2, 0.25) is 0 Å². The summed E-state index contributed by atoms with van der Waals surface area (Å²) in [7, 11) is 3.60. The van der Waals surface area contributed by atoms with E-state index in [9.17, 15) is 9.59 Å². The molecule has 2 aromatic carbocycles. The van der Waals surface area contributed by atoms with Crippen molar-refractivity contribution < 1.29 is 9.59 Å². The molecule has 148 valence electrons. The van der Waals surface area contributed by atoms with E-state index < -0.39 is 0 Å². The molecule has 2 aromatic rings. The van der Waals surface area contributed by atoms with E-state index in [1.807, 2.05) is 61.5 Å². The van der Waals surface area contributed by atoms with E-state index in [0.29, 0.717) is 0 Å². The van der Waals surface area contributed by atoms with Gasteiger partial charge in [0.25, 0.3) is 0 Å². The Hall–Kier alpha value is -2.66. The lowest BCUT2D eigenvalue weighted by Crippen LogP contribution is -2.44. The van der Waals surface area contributed by atoms with Crippen molar-refractivity contribution in [2.24, 2.45) is 5.92 Å². The Morgan fingerprint density at radius 2 is 1.61 bits per heavy atom. The fourth-order valence-electron chi connectivity index (χ4n) is 3.78. The van der Waals surface area contributed by atoms with E-state index in [-0.39, 0.29) is 23.8 Å². The van der Waals surface area contributed by atoms with Gasteiger partial charge in [0.2, 0.25) is 11.8 Å². The van der Waals surface area contributed by atoms with E-state index >= 15 is 0 Å². The standard InChI is InChI=1S/C23H29N3O2/c1-17-9-11-20(12-10-17)24-22(27)21(18-7-5-4-6-8-18)26-15-13-19(14-16-26)23(28)25(2)3/h4-12,19,21H,13-16H2,1-3H3,(H,24,27)/t21-/m0/s1. The lowest BCUT2D eigenvalue weighted by atomic mass is 9.93. The van der Waals surface area contributed by atoms with Crippen LogP contribution in [-0.2, 0) is 9.59 Å². The average molecular weight is 380 g/mol. The van der Waals surface area contributed by atoms with Crippen molar-refractivity contribution in [2.45, 2.75) is 25.8 Å². The molecular formula is C23H29N3O2. The van der Waals surface area contributed by atoms with E-state index in [2.05, 4.69) is 10.2 Å². The first-order valence-electron chi connectivity index (χ1n) is 9.83. The predicted octanol–water partition coefficient (Wildman–Crippen LogP) is 3.48. The molecule has 28 heavy (non-hydrogen) atoms. The predicted molar refractivity (Wildman–Crippen MR) is 112 cm³/mol. The van der Waals surface area contributed by atoms with Crippen LogP contribution in [-0.4, -0.2) is 48.8 Å². The maximum Gasteiger partial charge on any atom is 0.246 e. The first-order chi connectivity index (χ1) is 13.5. The van der Waals surface area contributed by atoms with Gasteiger partial charge < -0.3 is 10.2 Å². The molecule has 2 amide bonds. The zero-order valence-corrected chi connectivity index (χ0v) is 16.9. The zero-order chi connectivity index (χ0) is 20.1. The fourth-order valence-corrected chi connectivity index (χ4v) is 3.78. The summed E-state index contributed by atoms with van der Waals surface area (Å²) in [6.45, 7) is 3.48. The van der Waals surface area contributed by atoms with Gasteiger partial charge in [-0.05, 0) is 50.6 Å². The van der Waals surface area contributed by atoms with Gasteiger partial charge >= 0.3 is 0 Å². The monoisotopic (exact) mass is 379 g/mol. The molecule has 0 aliphatic carbocycles. The number of piperidine rings is 1. The highest BCUT2D eigenvalue weighted by Gasteiger charge is 2.33. The maximum absolute atomic E-state index is 13.2. The van der Waals surface area contributed by atoms with Gasteiger partial charge in [-0.1, -0.05) is 48.0 Å². The molecule has 1 fully saturated rings. The molecule has 0 bridgehead atoms. The maximum atomic E-state index is 13.2. The molecule has 1 heterocycles. The molecule has 1 N–H and O–H groups in total. The van der Waals surface area contributed by atoms with Crippen molar-refractivity contribution in [2.75, 3.05) is 32.5 Å². The summed E-state index contributed by atoms with van der Waals surface area (Å²) in [5.74, 6) is 0.190. The highest BCUT2D eigenvalue weighted by Crippen LogP contribution is 2.29. The minimum Gasteiger partial charge on any atom is -0.349 e. The lowest BCUT2D eigenvalue weighted by molar-refractivity contribution is -0.135. The Kier molecular flexibility index (Phi) is 6.47. The highest BCUT2D eigenvalue weighted by atomic mass is 16.2.